The van der Waals surface area contributed by atoms with Crippen molar-refractivity contribution < 1.29 is 9.84 Å². The van der Waals surface area contributed by atoms with Gasteiger partial charge >= 0.3 is 0 Å². The third-order valence-corrected chi connectivity index (χ3v) is 5.89. The van der Waals surface area contributed by atoms with Crippen molar-refractivity contribution in [2.45, 2.75) is 39.7 Å². The number of rotatable bonds is 7. The highest BCUT2D eigenvalue weighted by Crippen LogP contribution is 2.26. The quantitative estimate of drug-likeness (QED) is 0.636. The van der Waals surface area contributed by atoms with Crippen LogP contribution in [-0.2, 0) is 0 Å². The Bertz CT molecular complexity index is 821. The molecule has 0 bridgehead atoms. The van der Waals surface area contributed by atoms with E-state index in [1.54, 1.807) is 0 Å². The van der Waals surface area contributed by atoms with Gasteiger partial charge < -0.3 is 14.7 Å². The molecule has 3 rings (SSSR count). The summed E-state index contributed by atoms with van der Waals surface area (Å²) < 4.78 is 5.84. The number of hydrogen-bond donors (Lipinski definition) is 1. The summed E-state index contributed by atoms with van der Waals surface area (Å²) in [6, 6.07) is 12.2. The average Bonchev–Trinajstić information content (AvgIpc) is 2.69. The molecule has 6 heteroatoms. The highest BCUT2D eigenvalue weighted by atomic mass is 35.5. The normalized spacial score (nSPS) is 15.8. The molecule has 30 heavy (non-hydrogen) atoms. The summed E-state index contributed by atoms with van der Waals surface area (Å²) >= 11 is 6.17. The number of piperazine rings is 1. The van der Waals surface area contributed by atoms with Crippen molar-refractivity contribution in [1.29, 1.82) is 0 Å². The van der Waals surface area contributed by atoms with E-state index in [-0.39, 0.29) is 12.4 Å². The minimum atomic E-state index is -0.500. The highest BCUT2D eigenvalue weighted by molar-refractivity contribution is 6.30. The van der Waals surface area contributed by atoms with Crippen molar-refractivity contribution >= 4 is 29.7 Å². The van der Waals surface area contributed by atoms with Gasteiger partial charge in [-0.25, -0.2) is 0 Å². The first-order chi connectivity index (χ1) is 13.8. The van der Waals surface area contributed by atoms with E-state index in [1.165, 1.54) is 22.4 Å². The van der Waals surface area contributed by atoms with Crippen LogP contribution in [0.3, 0.4) is 0 Å². The molecule has 1 fully saturated rings. The van der Waals surface area contributed by atoms with E-state index in [0.717, 1.165) is 37.0 Å². The van der Waals surface area contributed by atoms with E-state index in [2.05, 4.69) is 55.7 Å². The first-order valence-electron chi connectivity index (χ1n) is 10.5. The standard InChI is InChI=1S/C24H33ClN2O2.ClH/c1-17(2)23-8-7-22(13-19(23)4)29-16-21(28)15-26-9-11-27(12-10-26)24-14-20(25)6-5-18(24)3;/h5-8,13-14,17,21,28H,9-12,15-16H2,1-4H3;1H. The van der Waals surface area contributed by atoms with Gasteiger partial charge in [0.1, 0.15) is 18.5 Å². The number of ether oxygens (including phenoxy) is 1. The smallest absolute Gasteiger partial charge is 0.119 e. The lowest BCUT2D eigenvalue weighted by molar-refractivity contribution is 0.0663. The molecule has 0 radical (unpaired) electrons. The monoisotopic (exact) mass is 452 g/mol. The SMILES string of the molecule is Cc1cc(OCC(O)CN2CCN(c3cc(Cl)ccc3C)CC2)ccc1C(C)C.Cl. The Balaban J connectivity index is 0.00000320. The molecule has 1 N–H and O–H groups in total. The van der Waals surface area contributed by atoms with Gasteiger partial charge in [0.15, 0.2) is 0 Å². The zero-order valence-electron chi connectivity index (χ0n) is 18.4. The van der Waals surface area contributed by atoms with Crippen molar-refractivity contribution in [3.05, 3.63) is 58.1 Å². The van der Waals surface area contributed by atoms with Gasteiger partial charge in [-0.2, -0.15) is 0 Å². The molecule has 0 saturated carbocycles. The van der Waals surface area contributed by atoms with Gasteiger partial charge in [-0.3, -0.25) is 4.90 Å². The van der Waals surface area contributed by atoms with E-state index in [9.17, 15) is 5.11 Å². The third-order valence-electron chi connectivity index (χ3n) is 5.66. The van der Waals surface area contributed by atoms with Crippen molar-refractivity contribution in [3.63, 3.8) is 0 Å². The van der Waals surface area contributed by atoms with Gasteiger partial charge in [0.25, 0.3) is 0 Å². The molecular weight excluding hydrogens is 419 g/mol. The average molecular weight is 453 g/mol. The molecular formula is C24H34Cl2N2O2. The summed E-state index contributed by atoms with van der Waals surface area (Å²) in [4.78, 5) is 4.68. The largest absolute Gasteiger partial charge is 0.491 e. The van der Waals surface area contributed by atoms with Crippen molar-refractivity contribution in [2.24, 2.45) is 0 Å². The van der Waals surface area contributed by atoms with Crippen LogP contribution in [0.1, 0.15) is 36.5 Å². The van der Waals surface area contributed by atoms with Gasteiger partial charge in [-0.15, -0.1) is 12.4 Å². The molecule has 0 aliphatic carbocycles. The predicted molar refractivity (Wildman–Crippen MR) is 129 cm³/mol. The van der Waals surface area contributed by atoms with Crippen LogP contribution in [0.15, 0.2) is 36.4 Å². The third kappa shape index (κ3) is 6.52. The molecule has 1 heterocycles. The van der Waals surface area contributed by atoms with Gasteiger partial charge in [0.05, 0.1) is 0 Å². The van der Waals surface area contributed by atoms with E-state index in [1.807, 2.05) is 18.2 Å². The molecule has 166 valence electrons. The lowest BCUT2D eigenvalue weighted by Gasteiger charge is -2.37. The molecule has 1 aliphatic heterocycles. The first-order valence-corrected chi connectivity index (χ1v) is 10.9. The number of anilines is 1. The second-order valence-corrected chi connectivity index (χ2v) is 8.79. The summed E-state index contributed by atoms with van der Waals surface area (Å²) in [5.41, 5.74) is 5.03. The zero-order valence-corrected chi connectivity index (χ0v) is 20.0. The maximum Gasteiger partial charge on any atom is 0.119 e. The summed E-state index contributed by atoms with van der Waals surface area (Å²) in [6.07, 6.45) is -0.500. The summed E-state index contributed by atoms with van der Waals surface area (Å²) in [5.74, 6) is 1.33. The van der Waals surface area contributed by atoms with Crippen LogP contribution < -0.4 is 9.64 Å². The Morgan fingerprint density at radius 2 is 1.70 bits per heavy atom. The molecule has 0 aromatic heterocycles. The Labute approximate surface area is 192 Å². The summed E-state index contributed by atoms with van der Waals surface area (Å²) in [7, 11) is 0. The van der Waals surface area contributed by atoms with Gasteiger partial charge in [-0.1, -0.05) is 37.6 Å². The summed E-state index contributed by atoms with van der Waals surface area (Å²) in [5, 5.41) is 11.2. The number of nitrogens with zero attached hydrogens (tertiary/aromatic N) is 2. The van der Waals surface area contributed by atoms with E-state index >= 15 is 0 Å². The summed E-state index contributed by atoms with van der Waals surface area (Å²) in [6.45, 7) is 13.3. The molecule has 0 amide bonds. The van der Waals surface area contributed by atoms with E-state index in [4.69, 9.17) is 16.3 Å². The lowest BCUT2D eigenvalue weighted by Crippen LogP contribution is -2.49. The zero-order chi connectivity index (χ0) is 21.0. The fraction of sp³-hybridized carbons (Fsp3) is 0.500. The van der Waals surface area contributed by atoms with Crippen LogP contribution in [0.4, 0.5) is 5.69 Å². The molecule has 1 aliphatic rings. The molecule has 2 aromatic rings. The second kappa shape index (κ2) is 11.2. The number of aliphatic hydroxyl groups excluding tert-OH is 1. The fourth-order valence-electron chi connectivity index (χ4n) is 4.02. The highest BCUT2D eigenvalue weighted by Gasteiger charge is 2.21. The van der Waals surface area contributed by atoms with Crippen LogP contribution >= 0.6 is 24.0 Å². The Morgan fingerprint density at radius 1 is 1.00 bits per heavy atom. The maximum atomic E-state index is 10.4. The lowest BCUT2D eigenvalue weighted by atomic mass is 9.98. The molecule has 1 unspecified atom stereocenters. The molecule has 1 atom stereocenters. The topological polar surface area (TPSA) is 35.9 Å². The number of benzene rings is 2. The number of aryl methyl sites for hydroxylation is 2. The van der Waals surface area contributed by atoms with Crippen LogP contribution in [0.5, 0.6) is 5.75 Å². The molecule has 2 aromatic carbocycles. The van der Waals surface area contributed by atoms with Crippen molar-refractivity contribution in [1.82, 2.24) is 4.90 Å². The number of β-amino-alcohol motifs (C(OH)–C–C–N with tert-alkyl or cyclic N) is 1. The van der Waals surface area contributed by atoms with Crippen LogP contribution in [0.25, 0.3) is 0 Å². The number of aliphatic hydroxyl groups is 1. The maximum absolute atomic E-state index is 10.4. The fourth-order valence-corrected chi connectivity index (χ4v) is 4.19. The van der Waals surface area contributed by atoms with Crippen LogP contribution in [-0.4, -0.2) is 55.4 Å². The van der Waals surface area contributed by atoms with Crippen LogP contribution in [0, 0.1) is 13.8 Å². The predicted octanol–water partition coefficient (Wildman–Crippen LogP) is 5.06. The van der Waals surface area contributed by atoms with E-state index < -0.39 is 6.10 Å². The molecule has 0 spiro atoms. The second-order valence-electron chi connectivity index (χ2n) is 8.36. The molecule has 1 saturated heterocycles. The molecule has 4 nitrogen and oxygen atoms in total. The van der Waals surface area contributed by atoms with Gasteiger partial charge in [0, 0.05) is 43.4 Å². The Morgan fingerprint density at radius 3 is 2.33 bits per heavy atom. The van der Waals surface area contributed by atoms with Crippen molar-refractivity contribution in [2.75, 3.05) is 44.2 Å². The van der Waals surface area contributed by atoms with Crippen LogP contribution in [0.2, 0.25) is 5.02 Å². The van der Waals surface area contributed by atoms with Gasteiger partial charge in [0.2, 0.25) is 0 Å². The number of hydrogen-bond acceptors (Lipinski definition) is 4. The minimum absolute atomic E-state index is 0. The van der Waals surface area contributed by atoms with E-state index in [0.29, 0.717) is 19.1 Å². The van der Waals surface area contributed by atoms with Crippen molar-refractivity contribution in [3.8, 4) is 5.75 Å². The minimum Gasteiger partial charge on any atom is -0.491 e. The first kappa shape index (κ1) is 24.8. The van der Waals surface area contributed by atoms with Gasteiger partial charge in [-0.05, 0) is 60.7 Å². The number of halogens is 2. The Hall–Kier alpha value is -1.46. The Kier molecular flexibility index (Phi) is 9.30.